The highest BCUT2D eigenvalue weighted by atomic mass is 19.2. The van der Waals surface area contributed by atoms with Crippen LogP contribution in [0.5, 0.6) is 0 Å². The SMILES string of the molecule is Nc1ccc(F)c(F)c1NC(=O)CC1CCCO1. The van der Waals surface area contributed by atoms with Crippen LogP contribution in [-0.2, 0) is 9.53 Å². The molecule has 6 heteroatoms. The third kappa shape index (κ3) is 2.76. The smallest absolute Gasteiger partial charge is 0.227 e. The van der Waals surface area contributed by atoms with E-state index in [1.807, 2.05) is 0 Å². The molecule has 2 rings (SSSR count). The van der Waals surface area contributed by atoms with Gasteiger partial charge >= 0.3 is 0 Å². The molecule has 18 heavy (non-hydrogen) atoms. The van der Waals surface area contributed by atoms with E-state index in [-0.39, 0.29) is 23.9 Å². The number of benzene rings is 1. The van der Waals surface area contributed by atoms with E-state index in [1.165, 1.54) is 6.07 Å². The van der Waals surface area contributed by atoms with Crippen molar-refractivity contribution in [3.63, 3.8) is 0 Å². The zero-order valence-corrected chi connectivity index (χ0v) is 9.71. The second-order valence-corrected chi connectivity index (χ2v) is 4.21. The average Bonchev–Trinajstić information content (AvgIpc) is 2.82. The van der Waals surface area contributed by atoms with Gasteiger partial charge < -0.3 is 15.8 Å². The monoisotopic (exact) mass is 256 g/mol. The second kappa shape index (κ2) is 5.30. The summed E-state index contributed by atoms with van der Waals surface area (Å²) in [5.41, 5.74) is 5.18. The molecule has 0 aromatic heterocycles. The Bertz CT molecular complexity index is 460. The van der Waals surface area contributed by atoms with Gasteiger partial charge in [0.05, 0.1) is 18.2 Å². The van der Waals surface area contributed by atoms with Gasteiger partial charge in [0.2, 0.25) is 5.91 Å². The fourth-order valence-electron chi connectivity index (χ4n) is 1.90. The van der Waals surface area contributed by atoms with Crippen molar-refractivity contribution < 1.29 is 18.3 Å². The molecule has 1 aliphatic rings. The zero-order valence-electron chi connectivity index (χ0n) is 9.71. The van der Waals surface area contributed by atoms with Crippen LogP contribution in [0, 0.1) is 11.6 Å². The summed E-state index contributed by atoms with van der Waals surface area (Å²) in [6.45, 7) is 0.633. The van der Waals surface area contributed by atoms with Crippen LogP contribution in [0.15, 0.2) is 12.1 Å². The maximum atomic E-state index is 13.4. The maximum absolute atomic E-state index is 13.4. The molecule has 1 amide bonds. The Balaban J connectivity index is 2.04. The molecule has 1 fully saturated rings. The Morgan fingerprint density at radius 2 is 2.28 bits per heavy atom. The van der Waals surface area contributed by atoms with Gasteiger partial charge in [-0.2, -0.15) is 0 Å². The molecular formula is C12H14F2N2O2. The van der Waals surface area contributed by atoms with Crippen molar-refractivity contribution in [3.8, 4) is 0 Å². The molecule has 0 aliphatic carbocycles. The highest BCUT2D eigenvalue weighted by molar-refractivity contribution is 5.94. The number of ether oxygens (including phenoxy) is 1. The molecule has 98 valence electrons. The summed E-state index contributed by atoms with van der Waals surface area (Å²) in [4.78, 5) is 11.6. The summed E-state index contributed by atoms with van der Waals surface area (Å²) in [7, 11) is 0. The highest BCUT2D eigenvalue weighted by Crippen LogP contribution is 2.25. The van der Waals surface area contributed by atoms with Crippen molar-refractivity contribution in [2.75, 3.05) is 17.7 Å². The van der Waals surface area contributed by atoms with E-state index in [1.54, 1.807) is 0 Å². The van der Waals surface area contributed by atoms with E-state index in [4.69, 9.17) is 10.5 Å². The summed E-state index contributed by atoms with van der Waals surface area (Å²) in [5, 5.41) is 2.29. The van der Waals surface area contributed by atoms with Gasteiger partial charge in [0.25, 0.3) is 0 Å². The Labute approximate surface area is 103 Å². The van der Waals surface area contributed by atoms with Crippen LogP contribution in [0.25, 0.3) is 0 Å². The first-order valence-corrected chi connectivity index (χ1v) is 5.73. The molecule has 1 heterocycles. The minimum atomic E-state index is -1.14. The van der Waals surface area contributed by atoms with Crippen LogP contribution in [-0.4, -0.2) is 18.6 Å². The number of nitrogens with one attached hydrogen (secondary N) is 1. The second-order valence-electron chi connectivity index (χ2n) is 4.21. The summed E-state index contributed by atoms with van der Waals surface area (Å²) >= 11 is 0. The fourth-order valence-corrected chi connectivity index (χ4v) is 1.90. The molecule has 0 spiro atoms. The predicted octanol–water partition coefficient (Wildman–Crippen LogP) is 2.05. The molecule has 1 atom stereocenters. The number of hydrogen-bond acceptors (Lipinski definition) is 3. The van der Waals surface area contributed by atoms with Gasteiger partial charge in [-0.25, -0.2) is 8.78 Å². The number of nitrogens with two attached hydrogens (primary N) is 1. The molecule has 1 aromatic rings. The van der Waals surface area contributed by atoms with E-state index in [0.717, 1.165) is 18.9 Å². The number of carbonyl (C=O) groups excluding carboxylic acids is 1. The standard InChI is InChI=1S/C12H14F2N2O2/c13-8-3-4-9(15)12(11(8)14)16-10(17)6-7-2-1-5-18-7/h3-4,7H,1-2,5-6,15H2,(H,16,17). The van der Waals surface area contributed by atoms with E-state index in [2.05, 4.69) is 5.32 Å². The number of anilines is 2. The maximum Gasteiger partial charge on any atom is 0.227 e. The molecule has 1 unspecified atom stereocenters. The van der Waals surface area contributed by atoms with Gasteiger partial charge in [-0.05, 0) is 25.0 Å². The molecule has 0 bridgehead atoms. The Morgan fingerprint density at radius 1 is 1.50 bits per heavy atom. The molecular weight excluding hydrogens is 242 g/mol. The van der Waals surface area contributed by atoms with Crippen molar-refractivity contribution in [1.29, 1.82) is 0 Å². The predicted molar refractivity (Wildman–Crippen MR) is 63.0 cm³/mol. The van der Waals surface area contributed by atoms with Crippen LogP contribution in [0.4, 0.5) is 20.2 Å². The fraction of sp³-hybridized carbons (Fsp3) is 0.417. The van der Waals surface area contributed by atoms with Crippen molar-refractivity contribution in [1.82, 2.24) is 0 Å². The lowest BCUT2D eigenvalue weighted by atomic mass is 10.1. The normalized spacial score (nSPS) is 18.9. The van der Waals surface area contributed by atoms with Gasteiger partial charge in [0, 0.05) is 6.61 Å². The number of halogens is 2. The topological polar surface area (TPSA) is 64.3 Å². The number of hydrogen-bond donors (Lipinski definition) is 2. The van der Waals surface area contributed by atoms with E-state index < -0.39 is 17.5 Å². The highest BCUT2D eigenvalue weighted by Gasteiger charge is 2.21. The first-order valence-electron chi connectivity index (χ1n) is 5.73. The third-order valence-corrected chi connectivity index (χ3v) is 2.83. The third-order valence-electron chi connectivity index (χ3n) is 2.83. The van der Waals surface area contributed by atoms with Gasteiger partial charge in [0.15, 0.2) is 11.6 Å². The van der Waals surface area contributed by atoms with E-state index in [0.29, 0.717) is 6.61 Å². The first-order chi connectivity index (χ1) is 8.58. The molecule has 1 aromatic carbocycles. The minimum absolute atomic E-state index is 0.00501. The van der Waals surface area contributed by atoms with E-state index >= 15 is 0 Å². The number of rotatable bonds is 3. The summed E-state index contributed by atoms with van der Waals surface area (Å²) in [6.07, 6.45) is 1.68. The van der Waals surface area contributed by atoms with Gasteiger partial charge in [-0.1, -0.05) is 0 Å². The lowest BCUT2D eigenvalue weighted by Crippen LogP contribution is -2.20. The number of carbonyl (C=O) groups is 1. The van der Waals surface area contributed by atoms with Crippen LogP contribution in [0.2, 0.25) is 0 Å². The molecule has 1 aliphatic heterocycles. The number of nitrogen functional groups attached to an aromatic ring is 1. The van der Waals surface area contributed by atoms with Crippen molar-refractivity contribution in [3.05, 3.63) is 23.8 Å². The molecule has 0 saturated carbocycles. The largest absolute Gasteiger partial charge is 0.397 e. The van der Waals surface area contributed by atoms with Crippen LogP contribution in [0.1, 0.15) is 19.3 Å². The van der Waals surface area contributed by atoms with Crippen molar-refractivity contribution >= 4 is 17.3 Å². The lowest BCUT2D eigenvalue weighted by Gasteiger charge is -2.12. The molecule has 3 N–H and O–H groups in total. The summed E-state index contributed by atoms with van der Waals surface area (Å²) in [6, 6.07) is 2.13. The van der Waals surface area contributed by atoms with Crippen LogP contribution >= 0.6 is 0 Å². The first kappa shape index (κ1) is 12.8. The molecule has 4 nitrogen and oxygen atoms in total. The van der Waals surface area contributed by atoms with Gasteiger partial charge in [0.1, 0.15) is 5.69 Å². The van der Waals surface area contributed by atoms with Crippen molar-refractivity contribution in [2.45, 2.75) is 25.4 Å². The minimum Gasteiger partial charge on any atom is -0.397 e. The van der Waals surface area contributed by atoms with Crippen molar-refractivity contribution in [2.24, 2.45) is 0 Å². The lowest BCUT2D eigenvalue weighted by molar-refractivity contribution is -0.118. The number of amides is 1. The van der Waals surface area contributed by atoms with E-state index in [9.17, 15) is 13.6 Å². The van der Waals surface area contributed by atoms with Crippen LogP contribution in [0.3, 0.4) is 0 Å². The quantitative estimate of drug-likeness (QED) is 0.813. The molecule has 1 saturated heterocycles. The van der Waals surface area contributed by atoms with Gasteiger partial charge in [-0.3, -0.25) is 4.79 Å². The Hall–Kier alpha value is -1.69. The Morgan fingerprint density at radius 3 is 2.94 bits per heavy atom. The Kier molecular flexibility index (Phi) is 3.76. The molecule has 0 radical (unpaired) electrons. The van der Waals surface area contributed by atoms with Crippen LogP contribution < -0.4 is 11.1 Å². The van der Waals surface area contributed by atoms with Gasteiger partial charge in [-0.15, -0.1) is 0 Å². The zero-order chi connectivity index (χ0) is 13.1. The summed E-state index contributed by atoms with van der Waals surface area (Å²) in [5.74, 6) is -2.62. The summed E-state index contributed by atoms with van der Waals surface area (Å²) < 4.78 is 31.7. The average molecular weight is 256 g/mol.